The molecule has 1 saturated carbocycles. The van der Waals surface area contributed by atoms with E-state index in [1.54, 1.807) is 0 Å². The van der Waals surface area contributed by atoms with Crippen LogP contribution in [0.1, 0.15) is 43.2 Å². The molecule has 2 fully saturated rings. The molecule has 0 N–H and O–H groups in total. The fraction of sp³-hybridized carbons (Fsp3) is 0.550. The molecular weight excluding hydrogens is 352 g/mol. The number of ether oxygens (including phenoxy) is 1. The van der Waals surface area contributed by atoms with Crippen LogP contribution in [0.5, 0.6) is 5.75 Å². The molecule has 5 nitrogen and oxygen atoms in total. The lowest BCUT2D eigenvalue weighted by molar-refractivity contribution is 0.0547. The number of benzene rings is 1. The molecule has 1 aliphatic heterocycles. The van der Waals surface area contributed by atoms with Crippen molar-refractivity contribution >= 4 is 29.3 Å². The minimum Gasteiger partial charge on any atom is -0.490 e. The van der Waals surface area contributed by atoms with Crippen LogP contribution in [0.15, 0.2) is 28.7 Å². The van der Waals surface area contributed by atoms with Crippen LogP contribution in [0.3, 0.4) is 0 Å². The van der Waals surface area contributed by atoms with Crippen molar-refractivity contribution < 1.29 is 13.9 Å². The first kappa shape index (κ1) is 19.1. The predicted octanol–water partition coefficient (Wildman–Crippen LogP) is 3.95. The van der Waals surface area contributed by atoms with E-state index in [0.29, 0.717) is 23.7 Å². The van der Waals surface area contributed by atoms with Gasteiger partial charge in [0.25, 0.3) is 5.91 Å². The van der Waals surface area contributed by atoms with Crippen LogP contribution < -0.4 is 4.74 Å². The van der Waals surface area contributed by atoms with Crippen LogP contribution in [-0.4, -0.2) is 54.5 Å². The lowest BCUT2D eigenvalue weighted by Gasteiger charge is -2.37. The number of carbonyl (C=O) groups excluding carboxylic acids is 1. The third-order valence-corrected chi connectivity index (χ3v) is 5.46. The van der Waals surface area contributed by atoms with Gasteiger partial charge in [0.05, 0.1) is 6.61 Å². The molecule has 1 saturated heterocycles. The van der Waals surface area contributed by atoms with E-state index in [0.717, 1.165) is 37.6 Å². The third kappa shape index (κ3) is 3.69. The van der Waals surface area contributed by atoms with Gasteiger partial charge in [-0.05, 0) is 31.9 Å². The van der Waals surface area contributed by atoms with Gasteiger partial charge in [0.1, 0.15) is 0 Å². The Morgan fingerprint density at radius 3 is 2.62 bits per heavy atom. The maximum Gasteiger partial charge on any atom is 0.289 e. The lowest BCUT2D eigenvalue weighted by Crippen LogP contribution is -2.51. The number of amides is 1. The Labute approximate surface area is 160 Å². The summed E-state index contributed by atoms with van der Waals surface area (Å²) in [5, 5.41) is 0.916. The Bertz CT molecular complexity index is 747. The second kappa shape index (κ2) is 8.31. The number of piperazine rings is 1. The van der Waals surface area contributed by atoms with E-state index in [1.807, 2.05) is 36.1 Å². The molecule has 26 heavy (non-hydrogen) atoms. The molecule has 0 atom stereocenters. The Morgan fingerprint density at radius 1 is 1.19 bits per heavy atom. The molecule has 0 unspecified atom stereocenters. The zero-order valence-electron chi connectivity index (χ0n) is 15.3. The van der Waals surface area contributed by atoms with Gasteiger partial charge in [-0.15, -0.1) is 12.4 Å². The van der Waals surface area contributed by atoms with Gasteiger partial charge in [-0.3, -0.25) is 9.69 Å². The summed E-state index contributed by atoms with van der Waals surface area (Å²) >= 11 is 0. The molecule has 1 aromatic heterocycles. The number of hydrogen-bond donors (Lipinski definition) is 0. The minimum atomic E-state index is -0.00952. The van der Waals surface area contributed by atoms with E-state index in [-0.39, 0.29) is 18.3 Å². The van der Waals surface area contributed by atoms with Gasteiger partial charge in [0.2, 0.25) is 0 Å². The molecule has 0 radical (unpaired) electrons. The summed E-state index contributed by atoms with van der Waals surface area (Å²) in [4.78, 5) is 17.3. The van der Waals surface area contributed by atoms with Gasteiger partial charge in [0.15, 0.2) is 17.1 Å². The van der Waals surface area contributed by atoms with Crippen molar-refractivity contribution in [1.29, 1.82) is 0 Å². The van der Waals surface area contributed by atoms with Crippen LogP contribution in [-0.2, 0) is 0 Å². The van der Waals surface area contributed by atoms with Crippen LogP contribution in [0.4, 0.5) is 0 Å². The molecule has 1 aliphatic carbocycles. The summed E-state index contributed by atoms with van der Waals surface area (Å²) in [7, 11) is 0. The average molecular weight is 379 g/mol. The van der Waals surface area contributed by atoms with Crippen molar-refractivity contribution in [3.8, 4) is 5.75 Å². The van der Waals surface area contributed by atoms with Crippen molar-refractivity contribution in [3.63, 3.8) is 0 Å². The Morgan fingerprint density at radius 2 is 1.92 bits per heavy atom. The summed E-state index contributed by atoms with van der Waals surface area (Å²) in [5.74, 6) is 1.10. The second-order valence-electron chi connectivity index (χ2n) is 6.98. The van der Waals surface area contributed by atoms with Crippen molar-refractivity contribution in [1.82, 2.24) is 9.80 Å². The quantitative estimate of drug-likeness (QED) is 0.808. The fourth-order valence-electron chi connectivity index (χ4n) is 4.13. The minimum absolute atomic E-state index is 0. The molecule has 142 valence electrons. The summed E-state index contributed by atoms with van der Waals surface area (Å²) in [6, 6.07) is 8.33. The van der Waals surface area contributed by atoms with Crippen molar-refractivity contribution in [2.75, 3.05) is 32.8 Å². The van der Waals surface area contributed by atoms with E-state index in [1.165, 1.54) is 25.7 Å². The van der Waals surface area contributed by atoms with Crippen molar-refractivity contribution in [3.05, 3.63) is 30.0 Å². The number of nitrogens with zero attached hydrogens (tertiary/aromatic N) is 2. The molecule has 2 aliphatic rings. The van der Waals surface area contributed by atoms with Gasteiger partial charge < -0.3 is 14.1 Å². The molecule has 2 aromatic rings. The van der Waals surface area contributed by atoms with Gasteiger partial charge in [-0.2, -0.15) is 0 Å². The highest BCUT2D eigenvalue weighted by molar-refractivity contribution is 5.97. The van der Waals surface area contributed by atoms with E-state index >= 15 is 0 Å². The molecule has 4 rings (SSSR count). The van der Waals surface area contributed by atoms with E-state index in [4.69, 9.17) is 9.15 Å². The molecular formula is C20H27ClN2O3. The molecule has 2 heterocycles. The number of halogens is 1. The van der Waals surface area contributed by atoms with Crippen molar-refractivity contribution in [2.24, 2.45) is 0 Å². The van der Waals surface area contributed by atoms with E-state index < -0.39 is 0 Å². The standard InChI is InChI=1S/C20H26N2O3.ClH/c1-2-24-17-9-5-6-15-14-18(25-19(15)17)20(23)22-12-10-21(11-13-22)16-7-3-4-8-16;/h5-6,9,14,16H,2-4,7-8,10-13H2,1H3;1H. The number of hydrogen-bond acceptors (Lipinski definition) is 4. The number of carbonyl (C=O) groups is 1. The monoisotopic (exact) mass is 378 g/mol. The first-order chi connectivity index (χ1) is 12.3. The Kier molecular flexibility index (Phi) is 6.09. The van der Waals surface area contributed by atoms with Gasteiger partial charge in [0, 0.05) is 37.6 Å². The zero-order valence-corrected chi connectivity index (χ0v) is 16.1. The molecule has 1 amide bonds. The summed E-state index contributed by atoms with van der Waals surface area (Å²) in [6.45, 7) is 6.03. The molecule has 6 heteroatoms. The summed E-state index contributed by atoms with van der Waals surface area (Å²) in [5.41, 5.74) is 0.664. The maximum atomic E-state index is 12.8. The number of para-hydroxylation sites is 1. The van der Waals surface area contributed by atoms with Crippen LogP contribution in [0.25, 0.3) is 11.0 Å². The number of furan rings is 1. The average Bonchev–Trinajstić information content (AvgIpc) is 3.32. The van der Waals surface area contributed by atoms with Crippen molar-refractivity contribution in [2.45, 2.75) is 38.6 Å². The molecule has 0 spiro atoms. The number of fused-ring (bicyclic) bond motifs is 1. The smallest absolute Gasteiger partial charge is 0.289 e. The highest BCUT2D eigenvalue weighted by Gasteiger charge is 2.29. The number of rotatable bonds is 4. The lowest BCUT2D eigenvalue weighted by atomic mass is 10.1. The fourth-order valence-corrected chi connectivity index (χ4v) is 4.13. The summed E-state index contributed by atoms with van der Waals surface area (Å²) in [6.07, 6.45) is 5.34. The van der Waals surface area contributed by atoms with Crippen LogP contribution >= 0.6 is 12.4 Å². The molecule has 0 bridgehead atoms. The third-order valence-electron chi connectivity index (χ3n) is 5.46. The van der Waals surface area contributed by atoms with Crippen LogP contribution in [0, 0.1) is 0 Å². The highest BCUT2D eigenvalue weighted by atomic mass is 35.5. The maximum absolute atomic E-state index is 12.8. The second-order valence-corrected chi connectivity index (χ2v) is 6.98. The first-order valence-electron chi connectivity index (χ1n) is 9.45. The molecule has 1 aromatic carbocycles. The normalized spacial score (nSPS) is 18.9. The van der Waals surface area contributed by atoms with Gasteiger partial charge in [-0.25, -0.2) is 0 Å². The largest absolute Gasteiger partial charge is 0.490 e. The topological polar surface area (TPSA) is 45.9 Å². The van der Waals surface area contributed by atoms with Gasteiger partial charge in [-0.1, -0.05) is 25.0 Å². The SMILES string of the molecule is CCOc1cccc2cc(C(=O)N3CCN(C4CCCC4)CC3)oc12.Cl. The highest BCUT2D eigenvalue weighted by Crippen LogP contribution is 2.30. The van der Waals surface area contributed by atoms with Gasteiger partial charge >= 0.3 is 0 Å². The van der Waals surface area contributed by atoms with E-state index in [2.05, 4.69) is 4.90 Å². The Balaban J connectivity index is 0.00000196. The summed E-state index contributed by atoms with van der Waals surface area (Å²) < 4.78 is 11.5. The predicted molar refractivity (Wildman–Crippen MR) is 104 cm³/mol. The first-order valence-corrected chi connectivity index (χ1v) is 9.45. The zero-order chi connectivity index (χ0) is 17.2. The Hall–Kier alpha value is -1.72. The van der Waals surface area contributed by atoms with E-state index in [9.17, 15) is 4.79 Å². The van der Waals surface area contributed by atoms with Crippen LogP contribution in [0.2, 0.25) is 0 Å².